The van der Waals surface area contributed by atoms with E-state index in [1.54, 1.807) is 0 Å². The monoisotopic (exact) mass is 322 g/mol. The van der Waals surface area contributed by atoms with Crippen molar-refractivity contribution >= 4 is 17.3 Å². The maximum Gasteiger partial charge on any atom is 0.345 e. The molecule has 124 valence electrons. The van der Waals surface area contributed by atoms with E-state index in [1.807, 2.05) is 88.4 Å². The van der Waals surface area contributed by atoms with Gasteiger partial charge in [-0.05, 0) is 5.56 Å². The maximum absolute atomic E-state index is 12.9. The van der Waals surface area contributed by atoms with Crippen LogP contribution in [0.25, 0.3) is 11.3 Å². The molecular weight excluding hydrogens is 300 g/mol. The summed E-state index contributed by atoms with van der Waals surface area (Å²) in [5.74, 6) is -0.827. The normalized spacial score (nSPS) is 21.2. The first kappa shape index (κ1) is 16.3. The van der Waals surface area contributed by atoms with Crippen LogP contribution in [0.15, 0.2) is 60.7 Å². The Balaban J connectivity index is 2.21. The highest BCUT2D eigenvalue weighted by Gasteiger charge is 2.49. The number of hydrogen-bond acceptors (Lipinski definition) is 3. The maximum atomic E-state index is 12.9. The quantitative estimate of drug-likeness (QED) is 0.738. The van der Waals surface area contributed by atoms with Gasteiger partial charge in [0.05, 0.1) is 0 Å². The summed E-state index contributed by atoms with van der Waals surface area (Å²) in [5.41, 5.74) is 1.74. The number of carbonyl (C=O) groups is 1. The van der Waals surface area contributed by atoms with Gasteiger partial charge in [0.2, 0.25) is 0 Å². The third-order valence-electron chi connectivity index (χ3n) is 4.48. The molecule has 0 N–H and O–H groups in total. The molecular formula is C21H22O3. The predicted octanol–water partition coefficient (Wildman–Crippen LogP) is 4.89. The van der Waals surface area contributed by atoms with E-state index in [4.69, 9.17) is 9.47 Å². The Morgan fingerprint density at radius 2 is 1.29 bits per heavy atom. The van der Waals surface area contributed by atoms with Gasteiger partial charge in [0, 0.05) is 17.9 Å². The molecule has 3 heteroatoms. The molecule has 3 nitrogen and oxygen atoms in total. The average molecular weight is 322 g/mol. The lowest BCUT2D eigenvalue weighted by atomic mass is 9.85. The fourth-order valence-electron chi connectivity index (χ4n) is 2.54. The fraction of sp³-hybridized carbons (Fsp3) is 0.286. The number of benzene rings is 2. The largest absolute Gasteiger partial charge is 0.450 e. The first-order chi connectivity index (χ1) is 11.3. The van der Waals surface area contributed by atoms with Crippen LogP contribution in [0.4, 0.5) is 0 Å². The molecule has 0 amide bonds. The van der Waals surface area contributed by atoms with Gasteiger partial charge >= 0.3 is 5.97 Å². The van der Waals surface area contributed by atoms with Crippen LogP contribution in [0.3, 0.4) is 0 Å². The van der Waals surface area contributed by atoms with E-state index in [1.165, 1.54) is 0 Å². The van der Waals surface area contributed by atoms with Gasteiger partial charge in [-0.3, -0.25) is 0 Å². The summed E-state index contributed by atoms with van der Waals surface area (Å²) in [5, 5.41) is 0. The summed E-state index contributed by atoms with van der Waals surface area (Å²) < 4.78 is 12.0. The Bertz CT molecular complexity index is 770. The first-order valence-corrected chi connectivity index (χ1v) is 8.09. The van der Waals surface area contributed by atoms with Crippen molar-refractivity contribution in [1.82, 2.24) is 0 Å². The molecule has 0 aliphatic carbocycles. The molecule has 1 aliphatic heterocycles. The topological polar surface area (TPSA) is 35.5 Å². The van der Waals surface area contributed by atoms with Gasteiger partial charge in [-0.1, -0.05) is 81.4 Å². The van der Waals surface area contributed by atoms with Crippen molar-refractivity contribution in [3.63, 3.8) is 0 Å². The predicted molar refractivity (Wildman–Crippen MR) is 94.7 cm³/mol. The fourth-order valence-corrected chi connectivity index (χ4v) is 2.54. The molecule has 24 heavy (non-hydrogen) atoms. The molecule has 2 aromatic carbocycles. The zero-order chi connectivity index (χ0) is 17.4. The van der Waals surface area contributed by atoms with Gasteiger partial charge in [-0.25, -0.2) is 4.79 Å². The van der Waals surface area contributed by atoms with Crippen molar-refractivity contribution in [2.24, 2.45) is 5.41 Å². The van der Waals surface area contributed by atoms with Crippen molar-refractivity contribution in [3.8, 4) is 0 Å². The van der Waals surface area contributed by atoms with Crippen LogP contribution in [-0.2, 0) is 14.3 Å². The van der Waals surface area contributed by atoms with Crippen molar-refractivity contribution in [1.29, 1.82) is 0 Å². The molecule has 1 unspecified atom stereocenters. The van der Waals surface area contributed by atoms with Gasteiger partial charge in [-0.2, -0.15) is 0 Å². The van der Waals surface area contributed by atoms with Gasteiger partial charge in [0.1, 0.15) is 11.3 Å². The summed E-state index contributed by atoms with van der Waals surface area (Å²) in [6.45, 7) is 7.80. The lowest BCUT2D eigenvalue weighted by Gasteiger charge is -2.44. The van der Waals surface area contributed by atoms with E-state index in [0.717, 1.165) is 11.1 Å². The molecule has 3 rings (SSSR count). The second-order valence-corrected chi connectivity index (χ2v) is 7.12. The minimum atomic E-state index is -1.03. The van der Waals surface area contributed by atoms with Crippen LogP contribution >= 0.6 is 0 Å². The van der Waals surface area contributed by atoms with Crippen LogP contribution in [-0.4, -0.2) is 11.8 Å². The first-order valence-electron chi connectivity index (χ1n) is 8.09. The van der Waals surface area contributed by atoms with E-state index >= 15 is 0 Å². The van der Waals surface area contributed by atoms with Crippen molar-refractivity contribution < 1.29 is 14.3 Å². The Labute approximate surface area is 142 Å². The van der Waals surface area contributed by atoms with E-state index in [-0.39, 0.29) is 11.4 Å². The molecule has 0 bridgehead atoms. The Morgan fingerprint density at radius 1 is 0.792 bits per heavy atom. The van der Waals surface area contributed by atoms with E-state index in [0.29, 0.717) is 11.3 Å². The van der Waals surface area contributed by atoms with Crippen molar-refractivity contribution in [2.45, 2.75) is 33.5 Å². The zero-order valence-electron chi connectivity index (χ0n) is 14.5. The zero-order valence-corrected chi connectivity index (χ0v) is 14.5. The van der Waals surface area contributed by atoms with Gasteiger partial charge in [0.25, 0.3) is 5.79 Å². The molecule has 0 aromatic heterocycles. The number of carbonyl (C=O) groups excluding carboxylic acids is 1. The molecule has 0 saturated carbocycles. The average Bonchev–Trinajstić information content (AvgIpc) is 2.55. The van der Waals surface area contributed by atoms with E-state index in [9.17, 15) is 4.79 Å². The lowest BCUT2D eigenvalue weighted by Crippen LogP contribution is -2.48. The number of ether oxygens (including phenoxy) is 2. The standard InChI is InChI=1S/C21H22O3/c1-20(2,3)21(4)23-18(16-13-9-6-10-14-16)17(19(22)24-21)15-11-7-5-8-12-15/h5-14H,1-4H3. The van der Waals surface area contributed by atoms with Crippen LogP contribution < -0.4 is 0 Å². The highest BCUT2D eigenvalue weighted by molar-refractivity contribution is 6.24. The summed E-state index contributed by atoms with van der Waals surface area (Å²) in [6, 6.07) is 19.2. The van der Waals surface area contributed by atoms with E-state index < -0.39 is 5.79 Å². The summed E-state index contributed by atoms with van der Waals surface area (Å²) >= 11 is 0. The van der Waals surface area contributed by atoms with Crippen LogP contribution in [0, 0.1) is 5.41 Å². The minimum Gasteiger partial charge on any atom is -0.450 e. The third kappa shape index (κ3) is 2.82. The molecule has 1 atom stereocenters. The van der Waals surface area contributed by atoms with Crippen molar-refractivity contribution in [2.75, 3.05) is 0 Å². The van der Waals surface area contributed by atoms with Crippen LogP contribution in [0.1, 0.15) is 38.8 Å². The van der Waals surface area contributed by atoms with Gasteiger partial charge in [-0.15, -0.1) is 0 Å². The number of esters is 1. The summed E-state index contributed by atoms with van der Waals surface area (Å²) in [4.78, 5) is 12.9. The van der Waals surface area contributed by atoms with Crippen LogP contribution in [0.5, 0.6) is 0 Å². The molecule has 0 saturated heterocycles. The third-order valence-corrected chi connectivity index (χ3v) is 4.48. The Kier molecular flexibility index (Phi) is 3.96. The SMILES string of the molecule is CC(C)(C)C1(C)OC(=O)C(c2ccccc2)=C(c2ccccc2)O1. The van der Waals surface area contributed by atoms with Gasteiger partial charge < -0.3 is 9.47 Å². The highest BCUT2D eigenvalue weighted by atomic mass is 16.7. The summed E-state index contributed by atoms with van der Waals surface area (Å²) in [6.07, 6.45) is 0. The lowest BCUT2D eigenvalue weighted by molar-refractivity contribution is -0.237. The summed E-state index contributed by atoms with van der Waals surface area (Å²) in [7, 11) is 0. The molecule has 0 radical (unpaired) electrons. The molecule has 1 heterocycles. The smallest absolute Gasteiger partial charge is 0.345 e. The minimum absolute atomic E-state index is 0.358. The second-order valence-electron chi connectivity index (χ2n) is 7.12. The van der Waals surface area contributed by atoms with Crippen molar-refractivity contribution in [3.05, 3.63) is 71.8 Å². The number of cyclic esters (lactones) is 1. The second kappa shape index (κ2) is 5.82. The Hall–Kier alpha value is -2.55. The molecule has 0 spiro atoms. The molecule has 0 fully saturated rings. The van der Waals surface area contributed by atoms with Crippen LogP contribution in [0.2, 0.25) is 0 Å². The highest BCUT2D eigenvalue weighted by Crippen LogP contribution is 2.45. The molecule has 2 aromatic rings. The number of rotatable bonds is 2. The van der Waals surface area contributed by atoms with E-state index in [2.05, 4.69) is 0 Å². The molecule has 1 aliphatic rings. The van der Waals surface area contributed by atoms with Gasteiger partial charge in [0.15, 0.2) is 0 Å². The Morgan fingerprint density at radius 3 is 1.79 bits per heavy atom. The number of hydrogen-bond donors (Lipinski definition) is 0.